The Labute approximate surface area is 225 Å². The van der Waals surface area contributed by atoms with Crippen molar-refractivity contribution in [2.24, 2.45) is 11.3 Å². The van der Waals surface area contributed by atoms with Gasteiger partial charge in [0.1, 0.15) is 17.8 Å². The summed E-state index contributed by atoms with van der Waals surface area (Å²) in [5.41, 5.74) is -6.25. The van der Waals surface area contributed by atoms with Crippen molar-refractivity contribution in [2.75, 3.05) is 18.1 Å². The zero-order valence-corrected chi connectivity index (χ0v) is 22.2. The van der Waals surface area contributed by atoms with Crippen LogP contribution in [0.15, 0.2) is 17.0 Å². The summed E-state index contributed by atoms with van der Waals surface area (Å²) in [4.78, 5) is 11.7. The third-order valence-electron chi connectivity index (χ3n) is 7.97. The van der Waals surface area contributed by atoms with E-state index in [2.05, 4.69) is 0 Å². The van der Waals surface area contributed by atoms with Crippen LogP contribution in [-0.4, -0.2) is 56.0 Å². The number of anilines is 1. The van der Waals surface area contributed by atoms with Crippen molar-refractivity contribution < 1.29 is 58.2 Å². The predicted octanol–water partition coefficient (Wildman–Crippen LogP) is 6.47. The summed E-state index contributed by atoms with van der Waals surface area (Å²) in [7, 11) is -5.07. The lowest BCUT2D eigenvalue weighted by atomic mass is 9.89. The number of benzene rings is 1. The molecule has 3 aliphatic rings. The molecule has 0 spiro atoms. The van der Waals surface area contributed by atoms with Gasteiger partial charge in [-0.15, -0.1) is 0 Å². The Hall–Kier alpha value is -2.32. The van der Waals surface area contributed by atoms with Crippen LogP contribution >= 0.6 is 0 Å². The van der Waals surface area contributed by atoms with E-state index in [-0.39, 0.29) is 25.7 Å². The van der Waals surface area contributed by atoms with E-state index < -0.39 is 117 Å². The van der Waals surface area contributed by atoms with Crippen LogP contribution in [0.5, 0.6) is 5.75 Å². The quantitative estimate of drug-likeness (QED) is 0.341. The monoisotopic (exact) mass is 607 g/mol. The van der Waals surface area contributed by atoms with E-state index in [1.54, 1.807) is 0 Å². The number of carboxylic acid groups (broad SMARTS) is 1. The number of aliphatic carboxylic acids is 1. The molecule has 0 bridgehead atoms. The highest BCUT2D eigenvalue weighted by molar-refractivity contribution is 7.92. The van der Waals surface area contributed by atoms with Gasteiger partial charge in [-0.05, 0) is 45.1 Å². The first-order valence-electron chi connectivity index (χ1n) is 12.8. The average Bonchev–Trinajstić information content (AvgIpc) is 3.63. The lowest BCUT2D eigenvalue weighted by molar-refractivity contribution is -0.144. The smallest absolute Gasteiger partial charge is 0.420 e. The standard InChI is InChI=1S/C25H29F8NO5S/c1-22(27,28)5-2-14-12-34(15-3-6-24(29,30)7-4-15)17-10-16(25(31,32)33)18(11-19(17)40(37,38)20(14)26)39-13-23(8-9-23)21(35)36/h10-11,14-15,20H,2-9,12-13H2,1H3,(H,35,36)/t14-,20+/m1/s1. The largest absolute Gasteiger partial charge is 0.492 e. The third kappa shape index (κ3) is 6.28. The fraction of sp³-hybridized carbons (Fsp3) is 0.720. The normalized spacial score (nSPS) is 26.1. The molecule has 226 valence electrons. The molecule has 0 saturated heterocycles. The van der Waals surface area contributed by atoms with Gasteiger partial charge in [-0.2, -0.15) is 13.2 Å². The highest BCUT2D eigenvalue weighted by atomic mass is 32.2. The van der Waals surface area contributed by atoms with Crippen LogP contribution in [0.2, 0.25) is 0 Å². The number of hydrogen-bond acceptors (Lipinski definition) is 5. The summed E-state index contributed by atoms with van der Waals surface area (Å²) in [5, 5.41) is 9.35. The van der Waals surface area contributed by atoms with Gasteiger partial charge in [-0.1, -0.05) is 0 Å². The molecule has 1 aliphatic heterocycles. The third-order valence-corrected chi connectivity index (χ3v) is 9.89. The van der Waals surface area contributed by atoms with Crippen molar-refractivity contribution in [1.82, 2.24) is 0 Å². The molecule has 40 heavy (non-hydrogen) atoms. The summed E-state index contributed by atoms with van der Waals surface area (Å²) >= 11 is 0. The van der Waals surface area contributed by atoms with Crippen LogP contribution in [0.3, 0.4) is 0 Å². The number of rotatable bonds is 8. The number of fused-ring (bicyclic) bond motifs is 1. The van der Waals surface area contributed by atoms with Gasteiger partial charge in [0, 0.05) is 43.8 Å². The molecular weight excluding hydrogens is 578 g/mol. The van der Waals surface area contributed by atoms with Crippen molar-refractivity contribution in [3.8, 4) is 5.75 Å². The van der Waals surface area contributed by atoms with E-state index in [9.17, 15) is 49.1 Å². The number of hydrogen-bond donors (Lipinski definition) is 1. The molecule has 1 heterocycles. The fourth-order valence-corrected chi connectivity index (χ4v) is 6.99. The first-order chi connectivity index (χ1) is 18.3. The molecule has 2 fully saturated rings. The summed E-state index contributed by atoms with van der Waals surface area (Å²) in [6.07, 6.45) is -8.18. The highest BCUT2D eigenvalue weighted by Gasteiger charge is 2.52. The Morgan fingerprint density at radius 3 is 2.20 bits per heavy atom. The zero-order chi connectivity index (χ0) is 29.9. The molecule has 0 amide bonds. The van der Waals surface area contributed by atoms with Crippen molar-refractivity contribution in [3.05, 3.63) is 17.7 Å². The molecular formula is C25H29F8NO5S. The molecule has 1 aromatic rings. The SMILES string of the molecule is CC(F)(F)CC[C@@H]1CN(C2CCC(F)(F)CC2)c2cc(C(F)(F)F)c(OCC3(C(=O)O)CC3)cc2S(=O)(=O)[C@@H]1F. The van der Waals surface area contributed by atoms with Crippen molar-refractivity contribution >= 4 is 21.5 Å². The summed E-state index contributed by atoms with van der Waals surface area (Å²) in [5.74, 6) is -10.2. The topological polar surface area (TPSA) is 83.9 Å². The number of halogens is 8. The number of ether oxygens (including phenoxy) is 1. The molecule has 2 atom stereocenters. The summed E-state index contributed by atoms with van der Waals surface area (Å²) in [6.45, 7) is -0.720. The number of carboxylic acids is 1. The Kier molecular flexibility index (Phi) is 7.81. The van der Waals surface area contributed by atoms with Gasteiger partial charge < -0.3 is 14.7 Å². The Balaban J connectivity index is 1.83. The van der Waals surface area contributed by atoms with Crippen LogP contribution in [0.1, 0.15) is 63.9 Å². The Morgan fingerprint density at radius 1 is 1.10 bits per heavy atom. The van der Waals surface area contributed by atoms with Gasteiger partial charge >= 0.3 is 12.1 Å². The minimum absolute atomic E-state index is 0.128. The Morgan fingerprint density at radius 2 is 1.70 bits per heavy atom. The van der Waals surface area contributed by atoms with Gasteiger partial charge in [0.2, 0.25) is 27.2 Å². The maximum absolute atomic E-state index is 15.6. The zero-order valence-electron chi connectivity index (χ0n) is 21.4. The fourth-order valence-electron chi connectivity index (χ4n) is 5.28. The van der Waals surface area contributed by atoms with Gasteiger partial charge in [-0.25, -0.2) is 30.4 Å². The number of sulfone groups is 1. The predicted molar refractivity (Wildman–Crippen MR) is 126 cm³/mol. The summed E-state index contributed by atoms with van der Waals surface area (Å²) < 4.78 is 145. The van der Waals surface area contributed by atoms with E-state index in [1.165, 1.54) is 0 Å². The van der Waals surface area contributed by atoms with E-state index in [0.29, 0.717) is 19.1 Å². The molecule has 4 rings (SSSR count). The van der Waals surface area contributed by atoms with Crippen LogP contribution in [-0.2, 0) is 20.8 Å². The van der Waals surface area contributed by atoms with Crippen molar-refractivity contribution in [2.45, 2.75) is 92.8 Å². The molecule has 2 saturated carbocycles. The van der Waals surface area contributed by atoms with Gasteiger partial charge in [0.25, 0.3) is 0 Å². The second-order valence-corrected chi connectivity index (χ2v) is 13.2. The van der Waals surface area contributed by atoms with E-state index in [0.717, 1.165) is 4.90 Å². The highest BCUT2D eigenvalue weighted by Crippen LogP contribution is 2.50. The molecule has 0 aromatic heterocycles. The Bertz CT molecular complexity index is 1230. The lowest BCUT2D eigenvalue weighted by Crippen LogP contribution is -2.44. The maximum Gasteiger partial charge on any atom is 0.420 e. The van der Waals surface area contributed by atoms with E-state index >= 15 is 4.39 Å². The molecule has 2 aliphatic carbocycles. The van der Waals surface area contributed by atoms with E-state index in [4.69, 9.17) is 4.74 Å². The van der Waals surface area contributed by atoms with Gasteiger partial charge in [0.15, 0.2) is 0 Å². The first-order valence-corrected chi connectivity index (χ1v) is 14.3. The molecule has 0 radical (unpaired) electrons. The lowest BCUT2D eigenvalue weighted by Gasteiger charge is -2.39. The van der Waals surface area contributed by atoms with Crippen LogP contribution in [0.4, 0.5) is 40.8 Å². The van der Waals surface area contributed by atoms with Crippen LogP contribution < -0.4 is 9.64 Å². The van der Waals surface area contributed by atoms with Crippen molar-refractivity contribution in [3.63, 3.8) is 0 Å². The molecule has 15 heteroatoms. The molecule has 1 N–H and O–H groups in total. The average molecular weight is 608 g/mol. The second-order valence-electron chi connectivity index (χ2n) is 11.2. The van der Waals surface area contributed by atoms with Crippen LogP contribution in [0.25, 0.3) is 0 Å². The van der Waals surface area contributed by atoms with Gasteiger partial charge in [0.05, 0.1) is 16.1 Å². The van der Waals surface area contributed by atoms with E-state index in [1.807, 2.05) is 0 Å². The minimum Gasteiger partial charge on any atom is -0.492 e. The molecule has 0 unspecified atom stereocenters. The van der Waals surface area contributed by atoms with Gasteiger partial charge in [-0.3, -0.25) is 4.79 Å². The maximum atomic E-state index is 15.6. The van der Waals surface area contributed by atoms with Crippen molar-refractivity contribution in [1.29, 1.82) is 0 Å². The number of alkyl halides is 8. The minimum atomic E-state index is -5.12. The molecule has 1 aromatic carbocycles. The second kappa shape index (κ2) is 10.2. The number of carbonyl (C=O) groups is 1. The first kappa shape index (κ1) is 30.6. The van der Waals surface area contributed by atoms with Crippen LogP contribution in [0, 0.1) is 11.3 Å². The molecule has 6 nitrogen and oxygen atoms in total. The number of nitrogens with zero attached hydrogens (tertiary/aromatic N) is 1. The summed E-state index contributed by atoms with van der Waals surface area (Å²) in [6, 6.07) is 0.0241.